The molecule has 0 saturated carbocycles. The standard InChI is InChI=1S/C24H22N4O4/c1-16-19(23(30)28(25-16)17-9-4-2-5-10-17)20-21(26-12-6-3-7-13-26)24(31)27(22(20)29)15-18-11-8-14-32-18/h2-7,9-10,12-13,18H,8,11,14-15H2,1H3. The van der Waals surface area contributed by atoms with Gasteiger partial charge >= 0.3 is 5.91 Å². The maximum atomic E-state index is 13.5. The monoisotopic (exact) mass is 430 g/mol. The molecule has 0 spiro atoms. The van der Waals surface area contributed by atoms with Crippen LogP contribution in [0.5, 0.6) is 5.88 Å². The van der Waals surface area contributed by atoms with E-state index in [4.69, 9.17) is 4.74 Å². The lowest BCUT2D eigenvalue weighted by Crippen LogP contribution is -2.42. The summed E-state index contributed by atoms with van der Waals surface area (Å²) in [4.78, 5) is 28.2. The largest absolute Gasteiger partial charge is 0.858 e. The van der Waals surface area contributed by atoms with E-state index in [1.165, 1.54) is 9.58 Å². The van der Waals surface area contributed by atoms with Crippen molar-refractivity contribution in [2.24, 2.45) is 0 Å². The van der Waals surface area contributed by atoms with E-state index in [2.05, 4.69) is 5.10 Å². The fourth-order valence-corrected chi connectivity index (χ4v) is 4.27. The molecule has 5 rings (SSSR count). The van der Waals surface area contributed by atoms with E-state index in [1.807, 2.05) is 24.3 Å². The van der Waals surface area contributed by atoms with E-state index in [1.54, 1.807) is 48.1 Å². The van der Waals surface area contributed by atoms with Gasteiger partial charge in [0.15, 0.2) is 12.4 Å². The molecule has 32 heavy (non-hydrogen) atoms. The minimum Gasteiger partial charge on any atom is -0.858 e. The smallest absolute Gasteiger partial charge is 0.327 e. The van der Waals surface area contributed by atoms with Crippen LogP contribution in [0.4, 0.5) is 0 Å². The van der Waals surface area contributed by atoms with Crippen molar-refractivity contribution in [2.75, 3.05) is 13.2 Å². The van der Waals surface area contributed by atoms with Gasteiger partial charge in [0.1, 0.15) is 5.57 Å². The predicted molar refractivity (Wildman–Crippen MR) is 113 cm³/mol. The highest BCUT2D eigenvalue weighted by Crippen LogP contribution is 2.37. The maximum Gasteiger partial charge on any atom is 0.327 e. The Morgan fingerprint density at radius 3 is 2.50 bits per heavy atom. The SMILES string of the molecule is Cc1nn(-c2ccccc2)c([O-])c1C1=C([n+]2ccccc2)C(=O)N(CC2CCCO2)C1=O. The fourth-order valence-electron chi connectivity index (χ4n) is 4.27. The first-order chi connectivity index (χ1) is 15.6. The third-order valence-electron chi connectivity index (χ3n) is 5.80. The summed E-state index contributed by atoms with van der Waals surface area (Å²) in [6.45, 7) is 2.46. The number of nitrogens with zero attached hydrogens (tertiary/aromatic N) is 4. The highest BCUT2D eigenvalue weighted by molar-refractivity contribution is 6.44. The zero-order valence-corrected chi connectivity index (χ0v) is 17.6. The molecule has 1 fully saturated rings. The highest BCUT2D eigenvalue weighted by atomic mass is 16.5. The van der Waals surface area contributed by atoms with Gasteiger partial charge in [-0.25, -0.2) is 4.68 Å². The van der Waals surface area contributed by atoms with Crippen LogP contribution in [0.2, 0.25) is 0 Å². The summed E-state index contributed by atoms with van der Waals surface area (Å²) in [7, 11) is 0. The first kappa shape index (κ1) is 20.1. The number of carbonyl (C=O) groups excluding carboxylic acids is 2. The van der Waals surface area contributed by atoms with Crippen LogP contribution in [0.3, 0.4) is 0 Å². The average Bonchev–Trinajstić information content (AvgIpc) is 3.49. The van der Waals surface area contributed by atoms with Crippen LogP contribution < -0.4 is 9.67 Å². The van der Waals surface area contributed by atoms with Gasteiger partial charge in [0.05, 0.1) is 24.0 Å². The van der Waals surface area contributed by atoms with E-state index < -0.39 is 17.7 Å². The summed E-state index contributed by atoms with van der Waals surface area (Å²) in [6, 6.07) is 14.4. The zero-order chi connectivity index (χ0) is 22.2. The quantitative estimate of drug-likeness (QED) is 0.452. The second-order valence-corrected chi connectivity index (χ2v) is 7.88. The second kappa shape index (κ2) is 8.05. The van der Waals surface area contributed by atoms with Crippen molar-refractivity contribution in [3.8, 4) is 11.6 Å². The van der Waals surface area contributed by atoms with Crippen molar-refractivity contribution in [1.82, 2.24) is 14.7 Å². The molecule has 2 aliphatic heterocycles. The molecule has 3 aromatic rings. The molecule has 2 aliphatic rings. The van der Waals surface area contributed by atoms with Crippen molar-refractivity contribution in [3.05, 3.63) is 72.2 Å². The highest BCUT2D eigenvalue weighted by Gasteiger charge is 2.47. The van der Waals surface area contributed by atoms with Crippen molar-refractivity contribution >= 4 is 23.1 Å². The molecule has 1 atom stereocenters. The van der Waals surface area contributed by atoms with Crippen molar-refractivity contribution in [3.63, 3.8) is 0 Å². The van der Waals surface area contributed by atoms with Crippen LogP contribution in [0, 0.1) is 6.92 Å². The Hall–Kier alpha value is -3.78. The molecule has 8 heteroatoms. The van der Waals surface area contributed by atoms with Crippen LogP contribution >= 0.6 is 0 Å². The van der Waals surface area contributed by atoms with Gasteiger partial charge in [-0.15, -0.1) is 0 Å². The number of hydrogen-bond acceptors (Lipinski definition) is 5. The summed E-state index contributed by atoms with van der Waals surface area (Å²) in [6.07, 6.45) is 4.88. The maximum absolute atomic E-state index is 13.5. The minimum atomic E-state index is -0.496. The van der Waals surface area contributed by atoms with Crippen molar-refractivity contribution in [1.29, 1.82) is 0 Å². The summed E-state index contributed by atoms with van der Waals surface area (Å²) in [5.41, 5.74) is 1.36. The van der Waals surface area contributed by atoms with Crippen LogP contribution in [0.15, 0.2) is 60.9 Å². The van der Waals surface area contributed by atoms with E-state index in [-0.39, 0.29) is 29.5 Å². The molecule has 2 aromatic heterocycles. The molecule has 1 saturated heterocycles. The Bertz CT molecular complexity index is 1210. The van der Waals surface area contributed by atoms with Gasteiger partial charge in [0, 0.05) is 24.3 Å². The number of amides is 2. The van der Waals surface area contributed by atoms with Crippen molar-refractivity contribution < 1.29 is 24.0 Å². The predicted octanol–water partition coefficient (Wildman–Crippen LogP) is 1.46. The first-order valence-corrected chi connectivity index (χ1v) is 10.6. The summed E-state index contributed by atoms with van der Waals surface area (Å²) < 4.78 is 8.51. The second-order valence-electron chi connectivity index (χ2n) is 7.88. The molecule has 1 unspecified atom stereocenters. The molecule has 2 amide bonds. The van der Waals surface area contributed by atoms with Gasteiger partial charge in [-0.3, -0.25) is 14.5 Å². The van der Waals surface area contributed by atoms with Crippen LogP contribution in [0.1, 0.15) is 24.1 Å². The fraction of sp³-hybridized carbons (Fsp3) is 0.250. The molecule has 0 radical (unpaired) electrons. The third-order valence-corrected chi connectivity index (χ3v) is 5.80. The number of hydrogen-bond donors (Lipinski definition) is 0. The normalized spacial score (nSPS) is 18.8. The Kier molecular flexibility index (Phi) is 5.07. The topological polar surface area (TPSA) is 91.4 Å². The zero-order valence-electron chi connectivity index (χ0n) is 17.6. The minimum absolute atomic E-state index is 0.0777. The number of ether oxygens (including phenoxy) is 1. The van der Waals surface area contributed by atoms with Crippen molar-refractivity contribution in [2.45, 2.75) is 25.9 Å². The van der Waals surface area contributed by atoms with E-state index in [0.29, 0.717) is 18.0 Å². The lowest BCUT2D eigenvalue weighted by molar-refractivity contribution is -0.576. The van der Waals surface area contributed by atoms with Gasteiger partial charge in [-0.2, -0.15) is 9.67 Å². The number of pyridine rings is 1. The van der Waals surface area contributed by atoms with Gasteiger partial charge in [-0.1, -0.05) is 24.3 Å². The number of aryl methyl sites for hydroxylation is 1. The van der Waals surface area contributed by atoms with Crippen LogP contribution in [-0.2, 0) is 14.3 Å². The van der Waals surface area contributed by atoms with Gasteiger partial charge in [0.25, 0.3) is 11.6 Å². The lowest BCUT2D eigenvalue weighted by atomic mass is 10.0. The summed E-state index contributed by atoms with van der Waals surface area (Å²) in [5, 5.41) is 17.8. The number of carbonyl (C=O) groups is 2. The summed E-state index contributed by atoms with van der Waals surface area (Å²) in [5.74, 6) is -1.37. The van der Waals surface area contributed by atoms with Crippen LogP contribution in [-0.4, -0.2) is 45.8 Å². The van der Waals surface area contributed by atoms with E-state index >= 15 is 0 Å². The average molecular weight is 430 g/mol. The first-order valence-electron chi connectivity index (χ1n) is 10.6. The molecule has 0 bridgehead atoms. The third kappa shape index (κ3) is 3.29. The number of benzene rings is 1. The molecular weight excluding hydrogens is 408 g/mol. The summed E-state index contributed by atoms with van der Waals surface area (Å²) >= 11 is 0. The molecule has 0 N–H and O–H groups in total. The lowest BCUT2D eigenvalue weighted by Gasteiger charge is -2.18. The van der Waals surface area contributed by atoms with E-state index in [0.717, 1.165) is 12.8 Å². The molecule has 4 heterocycles. The van der Waals surface area contributed by atoms with Gasteiger partial charge < -0.3 is 9.84 Å². The Labute approximate surface area is 185 Å². The van der Waals surface area contributed by atoms with Gasteiger partial charge in [-0.05, 0) is 37.8 Å². The molecular formula is C24H22N4O4. The van der Waals surface area contributed by atoms with E-state index in [9.17, 15) is 14.7 Å². The van der Waals surface area contributed by atoms with Crippen LogP contribution in [0.25, 0.3) is 17.0 Å². The molecule has 0 aliphatic carbocycles. The molecule has 8 nitrogen and oxygen atoms in total. The number of para-hydroxylation sites is 1. The number of aromatic nitrogens is 3. The molecule has 1 aromatic carbocycles. The molecule has 162 valence electrons. The number of rotatable bonds is 5. The number of imide groups is 1. The Morgan fingerprint density at radius 2 is 1.81 bits per heavy atom. The Morgan fingerprint density at radius 1 is 1.09 bits per heavy atom. The Balaban J connectivity index is 1.66. The van der Waals surface area contributed by atoms with Gasteiger partial charge in [0.2, 0.25) is 0 Å².